The Morgan fingerprint density at radius 2 is 0.532 bits per heavy atom. The molecule has 3 N–H and O–H groups in total. The van der Waals surface area contributed by atoms with Crippen LogP contribution in [0.4, 0.5) is 0 Å². The predicted molar refractivity (Wildman–Crippen MR) is 338 cm³/mol. The van der Waals surface area contributed by atoms with Gasteiger partial charge in [0.2, 0.25) is 5.91 Å². The molecule has 0 aromatic heterocycles. The number of amides is 1. The van der Waals surface area contributed by atoms with Crippen LogP contribution in [-0.2, 0) is 14.3 Å². The molecule has 0 aliphatic rings. The highest BCUT2D eigenvalue weighted by molar-refractivity contribution is 5.76. The van der Waals surface area contributed by atoms with Crippen molar-refractivity contribution in [3.63, 3.8) is 0 Å². The summed E-state index contributed by atoms with van der Waals surface area (Å²) in [5, 5.41) is 23.5. The van der Waals surface area contributed by atoms with E-state index in [9.17, 15) is 19.8 Å². The van der Waals surface area contributed by atoms with E-state index in [1.807, 2.05) is 0 Å². The topological polar surface area (TPSA) is 95.9 Å². The summed E-state index contributed by atoms with van der Waals surface area (Å²) in [6, 6.07) is -0.543. The third-order valence-electron chi connectivity index (χ3n) is 17.2. The quantitative estimate of drug-likeness (QED) is 0.0417. The van der Waals surface area contributed by atoms with Crippen molar-refractivity contribution in [2.24, 2.45) is 0 Å². The SMILES string of the molecule is CCCCCCCCCCCCCCCCCCCCCCCCCCCC(O)C(CO)NC(=O)CCCCCCCCCCCCCCCCCCCCCCCOC(=O)CCCCCCCCCCCCCCCC. The number of nitrogens with one attached hydrogen (secondary N) is 1. The van der Waals surface area contributed by atoms with Gasteiger partial charge in [0.25, 0.3) is 0 Å². The van der Waals surface area contributed by atoms with Gasteiger partial charge in [-0.1, -0.05) is 380 Å². The molecule has 0 aliphatic heterocycles. The molecule has 0 heterocycles. The minimum atomic E-state index is -0.665. The fourth-order valence-corrected chi connectivity index (χ4v) is 11.7. The fourth-order valence-electron chi connectivity index (χ4n) is 11.7. The van der Waals surface area contributed by atoms with Crippen LogP contribution >= 0.6 is 0 Å². The van der Waals surface area contributed by atoms with Gasteiger partial charge >= 0.3 is 5.97 Å². The van der Waals surface area contributed by atoms with Crippen LogP contribution < -0.4 is 5.32 Å². The van der Waals surface area contributed by atoms with E-state index in [1.165, 1.54) is 347 Å². The van der Waals surface area contributed by atoms with E-state index >= 15 is 0 Å². The number of hydrogen-bond donors (Lipinski definition) is 3. The number of rotatable bonds is 68. The summed E-state index contributed by atoms with van der Waals surface area (Å²) in [5.41, 5.74) is 0. The third kappa shape index (κ3) is 63.9. The number of ether oxygens (including phenoxy) is 1. The summed E-state index contributed by atoms with van der Waals surface area (Å²) in [6.07, 6.45) is 81.5. The van der Waals surface area contributed by atoms with Crippen molar-refractivity contribution in [1.29, 1.82) is 0 Å². The lowest BCUT2D eigenvalue weighted by Gasteiger charge is -2.22. The van der Waals surface area contributed by atoms with Gasteiger partial charge in [0, 0.05) is 12.8 Å². The molecular formula is C71H141NO5. The zero-order valence-electron chi connectivity index (χ0n) is 52.7. The van der Waals surface area contributed by atoms with Gasteiger partial charge in [-0.25, -0.2) is 0 Å². The Labute approximate surface area is 483 Å². The van der Waals surface area contributed by atoms with Gasteiger partial charge in [0.05, 0.1) is 25.4 Å². The van der Waals surface area contributed by atoms with Gasteiger partial charge in [-0.2, -0.15) is 0 Å². The molecule has 0 saturated heterocycles. The maximum atomic E-state index is 12.6. The van der Waals surface area contributed by atoms with Crippen LogP contribution in [0.1, 0.15) is 418 Å². The second kappa shape index (κ2) is 67.4. The van der Waals surface area contributed by atoms with Crippen LogP contribution in [0.3, 0.4) is 0 Å². The summed E-state index contributed by atoms with van der Waals surface area (Å²) >= 11 is 0. The summed E-state index contributed by atoms with van der Waals surface area (Å²) in [4.78, 5) is 24.6. The molecule has 0 aromatic rings. The fraction of sp³-hybridized carbons (Fsp3) is 0.972. The first kappa shape index (κ1) is 75.9. The summed E-state index contributed by atoms with van der Waals surface area (Å²) < 4.78 is 5.49. The molecule has 1 amide bonds. The number of carbonyl (C=O) groups is 2. The van der Waals surface area contributed by atoms with E-state index in [2.05, 4.69) is 19.2 Å². The van der Waals surface area contributed by atoms with Crippen LogP contribution in [0.5, 0.6) is 0 Å². The number of unbranched alkanes of at least 4 members (excludes halogenated alkanes) is 57. The van der Waals surface area contributed by atoms with Gasteiger partial charge in [-0.3, -0.25) is 9.59 Å². The van der Waals surface area contributed by atoms with E-state index in [4.69, 9.17) is 4.74 Å². The highest BCUT2D eigenvalue weighted by Crippen LogP contribution is 2.20. The zero-order chi connectivity index (χ0) is 55.7. The Hall–Kier alpha value is -1.14. The van der Waals surface area contributed by atoms with Crippen LogP contribution in [0.25, 0.3) is 0 Å². The average molecular weight is 1090 g/mol. The molecule has 77 heavy (non-hydrogen) atoms. The van der Waals surface area contributed by atoms with E-state index in [1.54, 1.807) is 0 Å². The van der Waals surface area contributed by atoms with Crippen molar-refractivity contribution >= 4 is 11.9 Å². The highest BCUT2D eigenvalue weighted by Gasteiger charge is 2.20. The molecule has 2 unspecified atom stereocenters. The molecule has 0 radical (unpaired) electrons. The van der Waals surface area contributed by atoms with E-state index in [0.717, 1.165) is 38.5 Å². The molecule has 6 heteroatoms. The van der Waals surface area contributed by atoms with Crippen LogP contribution in [0.2, 0.25) is 0 Å². The van der Waals surface area contributed by atoms with Gasteiger partial charge in [0.1, 0.15) is 0 Å². The molecule has 0 aliphatic carbocycles. The number of aliphatic hydroxyl groups excluding tert-OH is 2. The first-order valence-electron chi connectivity index (χ1n) is 35.8. The second-order valence-electron chi connectivity index (χ2n) is 24.9. The van der Waals surface area contributed by atoms with Crippen LogP contribution in [0.15, 0.2) is 0 Å². The Kier molecular flexibility index (Phi) is 66.4. The van der Waals surface area contributed by atoms with Crippen LogP contribution in [0, 0.1) is 0 Å². The smallest absolute Gasteiger partial charge is 0.305 e. The van der Waals surface area contributed by atoms with Gasteiger partial charge in [-0.15, -0.1) is 0 Å². The Morgan fingerprint density at radius 3 is 0.792 bits per heavy atom. The van der Waals surface area contributed by atoms with Crippen molar-refractivity contribution < 1.29 is 24.5 Å². The van der Waals surface area contributed by atoms with Crippen molar-refractivity contribution in [2.45, 2.75) is 431 Å². The largest absolute Gasteiger partial charge is 0.466 e. The Bertz CT molecular complexity index is 1120. The monoisotopic (exact) mass is 1090 g/mol. The summed E-state index contributed by atoms with van der Waals surface area (Å²) in [5.74, 6) is -0.0138. The first-order chi connectivity index (χ1) is 38.0. The number of hydrogen-bond acceptors (Lipinski definition) is 5. The van der Waals surface area contributed by atoms with E-state index < -0.39 is 12.1 Å². The minimum Gasteiger partial charge on any atom is -0.466 e. The molecule has 0 saturated carbocycles. The van der Waals surface area contributed by atoms with Crippen molar-refractivity contribution in [2.75, 3.05) is 13.2 Å². The lowest BCUT2D eigenvalue weighted by molar-refractivity contribution is -0.143. The highest BCUT2D eigenvalue weighted by atomic mass is 16.5. The Balaban J connectivity index is 3.37. The molecule has 0 fully saturated rings. The summed E-state index contributed by atoms with van der Waals surface area (Å²) in [6.45, 7) is 5.00. The average Bonchev–Trinajstić information content (AvgIpc) is 3.43. The van der Waals surface area contributed by atoms with Gasteiger partial charge in [0.15, 0.2) is 0 Å². The van der Waals surface area contributed by atoms with Crippen molar-refractivity contribution in [1.82, 2.24) is 5.32 Å². The normalized spacial score (nSPS) is 12.4. The molecule has 0 rings (SSSR count). The predicted octanol–water partition coefficient (Wildman–Crippen LogP) is 23.0. The van der Waals surface area contributed by atoms with Gasteiger partial charge < -0.3 is 20.3 Å². The zero-order valence-corrected chi connectivity index (χ0v) is 52.7. The molecular weight excluding hydrogens is 947 g/mol. The number of carbonyl (C=O) groups excluding carboxylic acids is 2. The van der Waals surface area contributed by atoms with Crippen molar-refractivity contribution in [3.05, 3.63) is 0 Å². The maximum Gasteiger partial charge on any atom is 0.305 e. The van der Waals surface area contributed by atoms with E-state index in [0.29, 0.717) is 25.9 Å². The van der Waals surface area contributed by atoms with E-state index in [-0.39, 0.29) is 18.5 Å². The Morgan fingerprint density at radius 1 is 0.312 bits per heavy atom. The molecule has 6 nitrogen and oxygen atoms in total. The molecule has 0 spiro atoms. The standard InChI is InChI=1S/C71H141NO5/c1-3-5-7-9-11-13-15-17-19-20-21-22-23-24-25-27-30-33-36-39-43-47-51-55-59-63-69(74)68(67-73)72-70(75)64-60-56-52-48-44-40-37-34-31-28-26-29-32-35-38-42-46-50-54-58-62-66-77-71(76)65-61-57-53-49-45-41-18-16-14-12-10-8-6-4-2/h68-69,73-74H,3-67H2,1-2H3,(H,72,75). The minimum absolute atomic E-state index is 0.0160. The number of aliphatic hydroxyl groups is 2. The second-order valence-corrected chi connectivity index (χ2v) is 24.9. The lowest BCUT2D eigenvalue weighted by Crippen LogP contribution is -2.45. The molecule has 0 aromatic carbocycles. The summed E-state index contributed by atoms with van der Waals surface area (Å²) in [7, 11) is 0. The molecule has 0 bridgehead atoms. The first-order valence-corrected chi connectivity index (χ1v) is 35.8. The maximum absolute atomic E-state index is 12.6. The third-order valence-corrected chi connectivity index (χ3v) is 17.2. The van der Waals surface area contributed by atoms with Gasteiger partial charge in [-0.05, 0) is 25.7 Å². The molecule has 2 atom stereocenters. The number of esters is 1. The van der Waals surface area contributed by atoms with Crippen LogP contribution in [-0.4, -0.2) is 47.4 Å². The van der Waals surface area contributed by atoms with Crippen molar-refractivity contribution in [3.8, 4) is 0 Å². The molecule has 460 valence electrons. The lowest BCUT2D eigenvalue weighted by atomic mass is 10.0.